The summed E-state index contributed by atoms with van der Waals surface area (Å²) < 4.78 is 24.2. The van der Waals surface area contributed by atoms with Crippen molar-refractivity contribution in [1.29, 1.82) is 0 Å². The Balaban J connectivity index is 1.97. The molecule has 2 aromatic rings. The van der Waals surface area contributed by atoms with Crippen LogP contribution in [0, 0.1) is 5.82 Å². The van der Waals surface area contributed by atoms with E-state index < -0.39 is 35.7 Å². The predicted molar refractivity (Wildman–Crippen MR) is 120 cm³/mol. The fraction of sp³-hybridized carbons (Fsp3) is 0.318. The summed E-state index contributed by atoms with van der Waals surface area (Å²) in [4.78, 5) is 37.5. The maximum atomic E-state index is 13.7. The molecule has 2 unspecified atom stereocenters. The number of carbonyl (C=O) groups is 3. The highest BCUT2D eigenvalue weighted by molar-refractivity contribution is 7.98. The largest absolute Gasteiger partial charge is 0.496 e. The van der Waals surface area contributed by atoms with E-state index in [0.29, 0.717) is 17.9 Å². The van der Waals surface area contributed by atoms with Crippen molar-refractivity contribution in [2.24, 2.45) is 0 Å². The summed E-state index contributed by atoms with van der Waals surface area (Å²) in [7, 11) is 1.45. The minimum absolute atomic E-state index is 0.0802. The van der Waals surface area contributed by atoms with Gasteiger partial charge in [-0.15, -0.1) is 0 Å². The molecule has 0 radical (unpaired) electrons. The van der Waals surface area contributed by atoms with Crippen molar-refractivity contribution in [3.8, 4) is 11.5 Å². The Morgan fingerprint density at radius 1 is 1.00 bits per heavy atom. The molecule has 0 aliphatic rings. The van der Waals surface area contributed by atoms with E-state index in [1.807, 2.05) is 6.26 Å². The SMILES string of the molecule is COc1ccccc1C(=O)NC(CCSC)C(=O)NNC(=O)C(C)Oc1ccccc1F. The highest BCUT2D eigenvalue weighted by atomic mass is 32.2. The summed E-state index contributed by atoms with van der Waals surface area (Å²) in [6.45, 7) is 1.42. The van der Waals surface area contributed by atoms with Gasteiger partial charge in [-0.2, -0.15) is 11.8 Å². The number of nitrogens with one attached hydrogen (secondary N) is 3. The summed E-state index contributed by atoms with van der Waals surface area (Å²) in [5, 5.41) is 2.67. The lowest BCUT2D eigenvalue weighted by molar-refractivity contribution is -0.133. The molecule has 2 rings (SSSR count). The number of carbonyl (C=O) groups excluding carboxylic acids is 3. The molecule has 32 heavy (non-hydrogen) atoms. The van der Waals surface area contributed by atoms with Gasteiger partial charge in [0.1, 0.15) is 11.8 Å². The number of amides is 3. The van der Waals surface area contributed by atoms with E-state index >= 15 is 0 Å². The average molecular weight is 464 g/mol. The van der Waals surface area contributed by atoms with E-state index in [-0.39, 0.29) is 11.3 Å². The van der Waals surface area contributed by atoms with Crippen molar-refractivity contribution in [1.82, 2.24) is 16.2 Å². The van der Waals surface area contributed by atoms with Gasteiger partial charge in [0, 0.05) is 0 Å². The van der Waals surface area contributed by atoms with Crippen LogP contribution in [0.2, 0.25) is 0 Å². The number of halogens is 1. The lowest BCUT2D eigenvalue weighted by Gasteiger charge is -2.20. The second kappa shape index (κ2) is 12.6. The molecule has 0 saturated heterocycles. The second-order valence-electron chi connectivity index (χ2n) is 6.68. The molecule has 0 aromatic heterocycles. The molecular weight excluding hydrogens is 437 g/mol. The smallest absolute Gasteiger partial charge is 0.279 e. The van der Waals surface area contributed by atoms with Crippen LogP contribution in [0.25, 0.3) is 0 Å². The number of hydrogen-bond acceptors (Lipinski definition) is 6. The van der Waals surface area contributed by atoms with E-state index in [2.05, 4.69) is 16.2 Å². The van der Waals surface area contributed by atoms with Crippen LogP contribution < -0.4 is 25.6 Å². The molecular formula is C22H26FN3O5S. The van der Waals surface area contributed by atoms with Crippen molar-refractivity contribution in [3.63, 3.8) is 0 Å². The van der Waals surface area contributed by atoms with E-state index in [9.17, 15) is 18.8 Å². The minimum Gasteiger partial charge on any atom is -0.496 e. The molecule has 0 bridgehead atoms. The summed E-state index contributed by atoms with van der Waals surface area (Å²) >= 11 is 1.51. The molecule has 0 aliphatic heterocycles. The van der Waals surface area contributed by atoms with Crippen LogP contribution in [-0.2, 0) is 9.59 Å². The number of rotatable bonds is 10. The Bertz CT molecular complexity index is 943. The topological polar surface area (TPSA) is 106 Å². The Morgan fingerprint density at radius 3 is 2.28 bits per heavy atom. The van der Waals surface area contributed by atoms with Gasteiger partial charge in [-0.05, 0) is 49.6 Å². The van der Waals surface area contributed by atoms with Crippen LogP contribution in [-0.4, -0.2) is 49.0 Å². The molecule has 0 spiro atoms. The summed E-state index contributed by atoms with van der Waals surface area (Å²) in [6.07, 6.45) is 1.14. The molecule has 0 fully saturated rings. The van der Waals surface area contributed by atoms with E-state index in [1.54, 1.807) is 30.3 Å². The zero-order chi connectivity index (χ0) is 23.5. The molecule has 0 heterocycles. The standard InChI is InChI=1S/C22H26FN3O5S/c1-14(31-19-11-7-5-9-16(19)23)20(27)25-26-22(29)17(12-13-32-3)24-21(28)15-8-4-6-10-18(15)30-2/h4-11,14,17H,12-13H2,1-3H3,(H,24,28)(H,25,27)(H,26,29). The van der Waals surface area contributed by atoms with Crippen molar-refractivity contribution < 1.29 is 28.2 Å². The average Bonchev–Trinajstić information content (AvgIpc) is 2.81. The molecule has 3 amide bonds. The Labute approximate surface area is 190 Å². The van der Waals surface area contributed by atoms with Crippen molar-refractivity contribution in [2.75, 3.05) is 19.1 Å². The van der Waals surface area contributed by atoms with Crippen LogP contribution in [0.15, 0.2) is 48.5 Å². The number of hydrogen-bond donors (Lipinski definition) is 3. The third-order valence-corrected chi connectivity index (χ3v) is 5.05. The summed E-state index contributed by atoms with van der Waals surface area (Å²) in [5.74, 6) is -1.47. The molecule has 0 saturated carbocycles. The van der Waals surface area contributed by atoms with Gasteiger partial charge < -0.3 is 14.8 Å². The molecule has 2 atom stereocenters. The van der Waals surface area contributed by atoms with Crippen LogP contribution in [0.4, 0.5) is 4.39 Å². The number of hydrazine groups is 1. The lowest BCUT2D eigenvalue weighted by Crippen LogP contribution is -2.54. The van der Waals surface area contributed by atoms with E-state index in [1.165, 1.54) is 44.0 Å². The van der Waals surface area contributed by atoms with Gasteiger partial charge in [0.2, 0.25) is 0 Å². The summed E-state index contributed by atoms with van der Waals surface area (Å²) in [6, 6.07) is 11.4. The maximum Gasteiger partial charge on any atom is 0.279 e. The Hall–Kier alpha value is -3.27. The number of benzene rings is 2. The van der Waals surface area contributed by atoms with Gasteiger partial charge >= 0.3 is 0 Å². The minimum atomic E-state index is -1.07. The first-order valence-corrected chi connectivity index (χ1v) is 11.2. The molecule has 172 valence electrons. The van der Waals surface area contributed by atoms with Gasteiger partial charge in [0.25, 0.3) is 17.7 Å². The van der Waals surface area contributed by atoms with Crippen LogP contribution in [0.5, 0.6) is 11.5 Å². The zero-order valence-corrected chi connectivity index (χ0v) is 18.8. The molecule has 8 nitrogen and oxygen atoms in total. The first-order valence-electron chi connectivity index (χ1n) is 9.81. The highest BCUT2D eigenvalue weighted by Gasteiger charge is 2.24. The molecule has 10 heteroatoms. The van der Waals surface area contributed by atoms with Crippen LogP contribution in [0.1, 0.15) is 23.7 Å². The van der Waals surface area contributed by atoms with E-state index in [0.717, 1.165) is 0 Å². The monoisotopic (exact) mass is 463 g/mol. The van der Waals surface area contributed by atoms with Crippen LogP contribution >= 0.6 is 11.8 Å². The Kier molecular flexibility index (Phi) is 9.80. The number of ether oxygens (including phenoxy) is 2. The van der Waals surface area contributed by atoms with Crippen molar-refractivity contribution in [2.45, 2.75) is 25.5 Å². The molecule has 0 aliphatic carbocycles. The molecule has 3 N–H and O–H groups in total. The predicted octanol–water partition coefficient (Wildman–Crippen LogP) is 2.30. The first-order chi connectivity index (χ1) is 15.4. The van der Waals surface area contributed by atoms with Crippen molar-refractivity contribution >= 4 is 29.5 Å². The lowest BCUT2D eigenvalue weighted by atomic mass is 10.1. The van der Waals surface area contributed by atoms with Gasteiger partial charge in [0.15, 0.2) is 17.7 Å². The van der Waals surface area contributed by atoms with Gasteiger partial charge in [-0.3, -0.25) is 25.2 Å². The maximum absolute atomic E-state index is 13.7. The summed E-state index contributed by atoms with van der Waals surface area (Å²) in [5.41, 5.74) is 4.82. The molecule has 2 aromatic carbocycles. The van der Waals surface area contributed by atoms with Gasteiger partial charge in [0.05, 0.1) is 12.7 Å². The fourth-order valence-corrected chi connectivity index (χ4v) is 3.14. The highest BCUT2D eigenvalue weighted by Crippen LogP contribution is 2.18. The number of thioether (sulfide) groups is 1. The van der Waals surface area contributed by atoms with Gasteiger partial charge in [-0.1, -0.05) is 24.3 Å². The first kappa shape index (κ1) is 25.0. The third-order valence-electron chi connectivity index (χ3n) is 4.40. The third kappa shape index (κ3) is 7.16. The van der Waals surface area contributed by atoms with E-state index in [4.69, 9.17) is 9.47 Å². The quantitative estimate of drug-likeness (QED) is 0.467. The number of methoxy groups -OCH3 is 1. The normalized spacial score (nSPS) is 12.2. The fourth-order valence-electron chi connectivity index (χ4n) is 2.67. The zero-order valence-electron chi connectivity index (χ0n) is 18.0. The van der Waals surface area contributed by atoms with Gasteiger partial charge in [-0.25, -0.2) is 4.39 Å². The Morgan fingerprint density at radius 2 is 1.62 bits per heavy atom. The van der Waals surface area contributed by atoms with Crippen molar-refractivity contribution in [3.05, 3.63) is 59.9 Å². The van der Waals surface area contributed by atoms with Crippen LogP contribution in [0.3, 0.4) is 0 Å². The number of para-hydroxylation sites is 2. The second-order valence-corrected chi connectivity index (χ2v) is 7.66.